The average Bonchev–Trinajstić information content (AvgIpc) is 3.23. The van der Waals surface area contributed by atoms with Crippen LogP contribution < -0.4 is 0 Å². The topological polar surface area (TPSA) is 250 Å². The van der Waals surface area contributed by atoms with Crippen molar-refractivity contribution in [2.24, 2.45) is 0 Å². The quantitative estimate of drug-likeness (QED) is 0.0142. The number of esters is 2. The van der Waals surface area contributed by atoms with Crippen LogP contribution in [0.3, 0.4) is 0 Å². The molecule has 15 nitrogen and oxygen atoms in total. The molecule has 0 aromatic carbocycles. The van der Waals surface area contributed by atoms with E-state index in [1.54, 1.807) is 0 Å². The van der Waals surface area contributed by atoms with E-state index in [9.17, 15) is 54.8 Å². The first-order chi connectivity index (χ1) is 29.2. The number of rotatable bonds is 37. The first-order valence-corrected chi connectivity index (χ1v) is 24.5. The fourth-order valence-corrected chi connectivity index (χ4v) is 7.73. The maximum atomic E-state index is 12.8. The summed E-state index contributed by atoms with van der Waals surface area (Å²) in [4.78, 5) is 35.6. The third-order valence-electron chi connectivity index (χ3n) is 10.7. The van der Waals surface area contributed by atoms with Gasteiger partial charge in [-0.25, -0.2) is 4.57 Å². The first kappa shape index (κ1) is 57.0. The number of ether oxygens (including phenoxy) is 2. The minimum atomic E-state index is -5.16. The second-order valence-corrected chi connectivity index (χ2v) is 17.6. The number of carbonyl (C=O) groups is 2. The summed E-state index contributed by atoms with van der Waals surface area (Å²) in [5, 5.41) is 70.4. The van der Waals surface area contributed by atoms with Crippen LogP contribution in [0.25, 0.3) is 0 Å². The fourth-order valence-electron chi connectivity index (χ4n) is 6.76. The molecule has 16 heteroatoms. The maximum Gasteiger partial charge on any atom is 0.472 e. The van der Waals surface area contributed by atoms with Crippen LogP contribution >= 0.6 is 7.82 Å². The molecule has 8 atom stereocenters. The second kappa shape index (κ2) is 35.4. The van der Waals surface area contributed by atoms with Gasteiger partial charge in [-0.3, -0.25) is 18.6 Å². The van der Waals surface area contributed by atoms with Gasteiger partial charge in [0.1, 0.15) is 43.2 Å². The van der Waals surface area contributed by atoms with Crippen molar-refractivity contribution in [3.63, 3.8) is 0 Å². The van der Waals surface area contributed by atoms with Gasteiger partial charge in [-0.05, 0) is 51.4 Å². The molecule has 8 unspecified atom stereocenters. The molecule has 0 amide bonds. The Balaban J connectivity index is 2.56. The number of aliphatic hydroxyl groups excluding tert-OH is 7. The number of carbonyl (C=O) groups excluding carboxylic acids is 2. The lowest BCUT2D eigenvalue weighted by atomic mass is 9.85. The molecule has 1 fully saturated rings. The van der Waals surface area contributed by atoms with Crippen molar-refractivity contribution in [1.82, 2.24) is 0 Å². The lowest BCUT2D eigenvalue weighted by Crippen LogP contribution is -2.64. The SMILES string of the molecule is CCCCC/C=C/CC(O)C(O)C/C=C\C/C=C\CCCC(=O)OC(COC(=O)CCCCCCCCCCCCCCC)COP(=O)(O)OC1C(O)C(O)C(O)C(O)C1O. The van der Waals surface area contributed by atoms with E-state index in [2.05, 4.69) is 13.8 Å². The predicted octanol–water partition coefficient (Wildman–Crippen LogP) is 6.55. The van der Waals surface area contributed by atoms with Gasteiger partial charge in [-0.2, -0.15) is 0 Å². The van der Waals surface area contributed by atoms with E-state index in [0.29, 0.717) is 38.5 Å². The van der Waals surface area contributed by atoms with Crippen molar-refractivity contribution < 1.29 is 73.3 Å². The van der Waals surface area contributed by atoms with E-state index in [-0.39, 0.29) is 12.8 Å². The smallest absolute Gasteiger partial charge is 0.462 e. The van der Waals surface area contributed by atoms with E-state index in [1.807, 2.05) is 36.5 Å². The summed E-state index contributed by atoms with van der Waals surface area (Å²) >= 11 is 0. The fraction of sp³-hybridized carbons (Fsp3) is 0.822. The molecule has 8 N–H and O–H groups in total. The summed E-state index contributed by atoms with van der Waals surface area (Å²) in [6, 6.07) is 0. The summed E-state index contributed by atoms with van der Waals surface area (Å²) < 4.78 is 33.4. The van der Waals surface area contributed by atoms with Crippen molar-refractivity contribution in [1.29, 1.82) is 0 Å². The van der Waals surface area contributed by atoms with E-state index >= 15 is 0 Å². The minimum Gasteiger partial charge on any atom is -0.462 e. The van der Waals surface area contributed by atoms with Crippen LogP contribution in [0.2, 0.25) is 0 Å². The highest BCUT2D eigenvalue weighted by Gasteiger charge is 2.51. The van der Waals surface area contributed by atoms with Crippen LogP contribution in [0, 0.1) is 0 Å². The molecule has 0 spiro atoms. The van der Waals surface area contributed by atoms with Crippen LogP contribution in [-0.2, 0) is 32.7 Å². The van der Waals surface area contributed by atoms with Crippen molar-refractivity contribution in [2.45, 2.75) is 223 Å². The Labute approximate surface area is 364 Å². The van der Waals surface area contributed by atoms with Gasteiger partial charge in [0, 0.05) is 12.8 Å². The molecule has 1 aliphatic rings. The lowest BCUT2D eigenvalue weighted by Gasteiger charge is -2.41. The molecule has 0 saturated heterocycles. The number of unbranched alkanes of at least 4 members (excludes halogenated alkanes) is 16. The van der Waals surface area contributed by atoms with Crippen LogP contribution in [0.5, 0.6) is 0 Å². The Kier molecular flexibility index (Phi) is 33.0. The van der Waals surface area contributed by atoms with E-state index < -0.39 is 87.9 Å². The number of phosphoric ester groups is 1. The van der Waals surface area contributed by atoms with Gasteiger partial charge in [0.05, 0.1) is 18.8 Å². The Morgan fingerprint density at radius 1 is 0.557 bits per heavy atom. The Morgan fingerprint density at radius 3 is 1.57 bits per heavy atom. The summed E-state index contributed by atoms with van der Waals surface area (Å²) in [6.07, 6.45) is 18.0. The molecule has 0 bridgehead atoms. The molecule has 0 aliphatic heterocycles. The second-order valence-electron chi connectivity index (χ2n) is 16.2. The molecule has 0 aromatic rings. The molecule has 0 heterocycles. The molecule has 1 rings (SSSR count). The molecule has 0 aromatic heterocycles. The van der Waals surface area contributed by atoms with Gasteiger partial charge in [-0.1, -0.05) is 140 Å². The molecule has 1 saturated carbocycles. The highest BCUT2D eigenvalue weighted by molar-refractivity contribution is 7.47. The Hall–Kier alpha value is -2.01. The zero-order chi connectivity index (χ0) is 45.3. The molecule has 0 radical (unpaired) electrons. The van der Waals surface area contributed by atoms with Crippen molar-refractivity contribution in [3.8, 4) is 0 Å². The van der Waals surface area contributed by atoms with Gasteiger partial charge < -0.3 is 50.1 Å². The maximum absolute atomic E-state index is 12.8. The number of aliphatic hydroxyl groups is 7. The molecular weight excluding hydrogens is 811 g/mol. The van der Waals surface area contributed by atoms with Crippen LogP contribution in [0.4, 0.5) is 0 Å². The summed E-state index contributed by atoms with van der Waals surface area (Å²) in [6.45, 7) is 3.09. The molecule has 356 valence electrons. The molecule has 1 aliphatic carbocycles. The highest BCUT2D eigenvalue weighted by atomic mass is 31.2. The van der Waals surface area contributed by atoms with Gasteiger partial charge in [0.2, 0.25) is 0 Å². The number of phosphoric acid groups is 1. The summed E-state index contributed by atoms with van der Waals surface area (Å²) in [5.74, 6) is -1.23. The third kappa shape index (κ3) is 27.7. The minimum absolute atomic E-state index is 0.0352. The monoisotopic (exact) mass is 893 g/mol. The Morgan fingerprint density at radius 2 is 1.00 bits per heavy atom. The van der Waals surface area contributed by atoms with Crippen molar-refractivity contribution in [3.05, 3.63) is 36.5 Å². The van der Waals surface area contributed by atoms with Gasteiger partial charge in [-0.15, -0.1) is 0 Å². The van der Waals surface area contributed by atoms with Gasteiger partial charge in [0.15, 0.2) is 6.10 Å². The zero-order valence-electron chi connectivity index (χ0n) is 36.9. The standard InChI is InChI=1S/C45H81O15P/c1-3-5-7-9-11-12-13-14-15-16-19-23-27-31-38(48)57-33-35(34-58-61(55,56)60-45-43(53)41(51)40(50)42(52)44(45)54)59-39(49)32-28-24-20-17-18-22-26-30-37(47)36(46)29-25-21-10-8-6-4-2/h17,20-22,25-26,35-37,40-47,50-54H,3-16,18-19,23-24,27-34H2,1-2H3,(H,55,56)/b20-17-,25-21+,26-22-. The van der Waals surface area contributed by atoms with Crippen molar-refractivity contribution >= 4 is 19.8 Å². The summed E-state index contributed by atoms with van der Waals surface area (Å²) in [7, 11) is -5.16. The normalized spacial score (nSPS) is 23.4. The van der Waals surface area contributed by atoms with Gasteiger partial charge >= 0.3 is 19.8 Å². The molecule has 61 heavy (non-hydrogen) atoms. The summed E-state index contributed by atoms with van der Waals surface area (Å²) in [5.41, 5.74) is 0. The zero-order valence-corrected chi connectivity index (χ0v) is 37.8. The first-order valence-electron chi connectivity index (χ1n) is 23.0. The van der Waals surface area contributed by atoms with Crippen LogP contribution in [0.15, 0.2) is 36.5 Å². The van der Waals surface area contributed by atoms with E-state index in [4.69, 9.17) is 18.5 Å². The third-order valence-corrected chi connectivity index (χ3v) is 11.6. The largest absolute Gasteiger partial charge is 0.472 e. The average molecular weight is 893 g/mol. The van der Waals surface area contributed by atoms with Gasteiger partial charge in [0.25, 0.3) is 0 Å². The number of hydrogen-bond acceptors (Lipinski definition) is 14. The number of allylic oxidation sites excluding steroid dienone is 4. The van der Waals surface area contributed by atoms with Crippen molar-refractivity contribution in [2.75, 3.05) is 13.2 Å². The lowest BCUT2D eigenvalue weighted by molar-refractivity contribution is -0.220. The van der Waals surface area contributed by atoms with E-state index in [1.165, 1.54) is 57.8 Å². The van der Waals surface area contributed by atoms with Crippen LogP contribution in [-0.4, -0.2) is 121 Å². The van der Waals surface area contributed by atoms with Crippen LogP contribution in [0.1, 0.15) is 168 Å². The molecular formula is C45H81O15P. The number of hydrogen-bond donors (Lipinski definition) is 8. The predicted molar refractivity (Wildman–Crippen MR) is 233 cm³/mol. The Bertz CT molecular complexity index is 1250. The highest BCUT2D eigenvalue weighted by Crippen LogP contribution is 2.47. The van der Waals surface area contributed by atoms with E-state index in [0.717, 1.165) is 44.9 Å².